The third-order valence-corrected chi connectivity index (χ3v) is 2.83. The fourth-order valence-electron chi connectivity index (χ4n) is 1.89. The van der Waals surface area contributed by atoms with Gasteiger partial charge in [0.05, 0.1) is 0 Å². The van der Waals surface area contributed by atoms with E-state index in [1.54, 1.807) is 12.4 Å². The van der Waals surface area contributed by atoms with Crippen LogP contribution in [0.2, 0.25) is 0 Å². The first-order chi connectivity index (χ1) is 7.11. The lowest BCUT2D eigenvalue weighted by Crippen LogP contribution is -2.00. The zero-order valence-electron chi connectivity index (χ0n) is 9.16. The van der Waals surface area contributed by atoms with Crippen LogP contribution >= 0.6 is 0 Å². The molecule has 2 N–H and O–H groups in total. The van der Waals surface area contributed by atoms with E-state index in [1.807, 2.05) is 26.8 Å². The Kier molecular flexibility index (Phi) is 2.40. The molecule has 0 fully saturated rings. The van der Waals surface area contributed by atoms with Gasteiger partial charge >= 0.3 is 0 Å². The molecular formula is C12H15NO2. The highest BCUT2D eigenvalue weighted by molar-refractivity contribution is 5.38. The van der Waals surface area contributed by atoms with Crippen LogP contribution in [0.15, 0.2) is 22.9 Å². The highest BCUT2D eigenvalue weighted by Crippen LogP contribution is 2.30. The zero-order valence-corrected chi connectivity index (χ0v) is 9.16. The Morgan fingerprint density at radius 1 is 1.27 bits per heavy atom. The lowest BCUT2D eigenvalue weighted by Gasteiger charge is -2.08. The number of hydrogen-bond acceptors (Lipinski definition) is 2. The molecule has 0 spiro atoms. The fraction of sp³-hybridized carbons (Fsp3) is 0.333. The Morgan fingerprint density at radius 3 is 2.47 bits per heavy atom. The second-order valence-electron chi connectivity index (χ2n) is 3.80. The van der Waals surface area contributed by atoms with E-state index in [0.717, 1.165) is 28.2 Å². The maximum Gasteiger partial charge on any atom is 0.109 e. The second-order valence-corrected chi connectivity index (χ2v) is 3.80. The number of aliphatic hydroxyl groups is 1. The fourth-order valence-corrected chi connectivity index (χ4v) is 1.89. The molecule has 1 atom stereocenters. The number of nitrogens with one attached hydrogen (secondary N) is 1. The van der Waals surface area contributed by atoms with E-state index in [4.69, 9.17) is 4.42 Å². The molecule has 3 heteroatoms. The Labute approximate surface area is 88.7 Å². The summed E-state index contributed by atoms with van der Waals surface area (Å²) in [6.07, 6.45) is 3.00. The van der Waals surface area contributed by atoms with Gasteiger partial charge in [-0.15, -0.1) is 0 Å². The normalized spacial score (nSPS) is 13.1. The van der Waals surface area contributed by atoms with E-state index in [-0.39, 0.29) is 0 Å². The van der Waals surface area contributed by atoms with Crippen LogP contribution < -0.4 is 0 Å². The number of hydrogen-bond donors (Lipinski definition) is 2. The lowest BCUT2D eigenvalue weighted by atomic mass is 10.0. The van der Waals surface area contributed by atoms with Gasteiger partial charge in [0.25, 0.3) is 0 Å². The van der Waals surface area contributed by atoms with Gasteiger partial charge in [-0.2, -0.15) is 0 Å². The molecule has 0 aromatic carbocycles. The standard InChI is InChI=1S/C12H15NO2/c1-7-8(2)15-9(3)11(7)12(14)10-4-5-13-6-10/h4-6,12-14H,1-3H3. The van der Waals surface area contributed by atoms with E-state index in [0.29, 0.717) is 0 Å². The molecule has 80 valence electrons. The van der Waals surface area contributed by atoms with E-state index < -0.39 is 6.10 Å². The smallest absolute Gasteiger partial charge is 0.109 e. The summed E-state index contributed by atoms with van der Waals surface area (Å²) in [7, 11) is 0. The highest BCUT2D eigenvalue weighted by atomic mass is 16.3. The number of aromatic amines is 1. The first kappa shape index (κ1) is 10.1. The maximum atomic E-state index is 10.2. The van der Waals surface area contributed by atoms with Crippen molar-refractivity contribution in [2.24, 2.45) is 0 Å². The molecule has 0 aliphatic rings. The minimum absolute atomic E-state index is 0.603. The molecule has 0 amide bonds. The van der Waals surface area contributed by atoms with Gasteiger partial charge in [0.2, 0.25) is 0 Å². The minimum Gasteiger partial charge on any atom is -0.466 e. The van der Waals surface area contributed by atoms with Gasteiger partial charge in [-0.05, 0) is 32.4 Å². The molecule has 15 heavy (non-hydrogen) atoms. The third kappa shape index (κ3) is 1.59. The summed E-state index contributed by atoms with van der Waals surface area (Å²) in [6, 6.07) is 1.87. The Bertz CT molecular complexity index is 454. The molecule has 0 saturated carbocycles. The molecule has 2 rings (SSSR count). The summed E-state index contributed by atoms with van der Waals surface area (Å²) in [5.74, 6) is 1.66. The van der Waals surface area contributed by atoms with Crippen LogP contribution in [0.1, 0.15) is 34.3 Å². The van der Waals surface area contributed by atoms with Crippen LogP contribution in [0.5, 0.6) is 0 Å². The summed E-state index contributed by atoms with van der Waals surface area (Å²) in [5.41, 5.74) is 2.77. The van der Waals surface area contributed by atoms with Crippen molar-refractivity contribution in [2.75, 3.05) is 0 Å². The van der Waals surface area contributed by atoms with Crippen LogP contribution in [0.3, 0.4) is 0 Å². The summed E-state index contributed by atoms with van der Waals surface area (Å²) < 4.78 is 5.49. The number of furan rings is 1. The van der Waals surface area contributed by atoms with Crippen molar-refractivity contribution in [3.8, 4) is 0 Å². The van der Waals surface area contributed by atoms with Gasteiger partial charge in [-0.3, -0.25) is 0 Å². The Balaban J connectivity index is 2.46. The minimum atomic E-state index is -0.603. The van der Waals surface area contributed by atoms with E-state index in [1.165, 1.54) is 0 Å². The number of aryl methyl sites for hydroxylation is 2. The summed E-state index contributed by atoms with van der Waals surface area (Å²) >= 11 is 0. The first-order valence-corrected chi connectivity index (χ1v) is 4.98. The van der Waals surface area contributed by atoms with Crippen molar-refractivity contribution < 1.29 is 9.52 Å². The quantitative estimate of drug-likeness (QED) is 0.791. The van der Waals surface area contributed by atoms with Gasteiger partial charge in [0.1, 0.15) is 17.6 Å². The Hall–Kier alpha value is -1.48. The second kappa shape index (κ2) is 3.59. The maximum absolute atomic E-state index is 10.2. The molecule has 2 aromatic rings. The van der Waals surface area contributed by atoms with Crippen molar-refractivity contribution in [3.63, 3.8) is 0 Å². The zero-order chi connectivity index (χ0) is 11.0. The van der Waals surface area contributed by atoms with Crippen molar-refractivity contribution in [1.29, 1.82) is 0 Å². The van der Waals surface area contributed by atoms with Gasteiger partial charge in [0.15, 0.2) is 0 Å². The van der Waals surface area contributed by atoms with Crippen LogP contribution in [-0.2, 0) is 0 Å². The average Bonchev–Trinajstić information content (AvgIpc) is 2.76. The largest absolute Gasteiger partial charge is 0.466 e. The molecule has 1 unspecified atom stereocenters. The monoisotopic (exact) mass is 205 g/mol. The van der Waals surface area contributed by atoms with E-state index in [2.05, 4.69) is 4.98 Å². The molecule has 0 aliphatic carbocycles. The van der Waals surface area contributed by atoms with Crippen molar-refractivity contribution >= 4 is 0 Å². The predicted octanol–water partition coefficient (Wildman–Crippen LogP) is 2.61. The van der Waals surface area contributed by atoms with Crippen LogP contribution in [0.25, 0.3) is 0 Å². The Morgan fingerprint density at radius 2 is 2.00 bits per heavy atom. The average molecular weight is 205 g/mol. The number of aromatic nitrogens is 1. The highest BCUT2D eigenvalue weighted by Gasteiger charge is 2.20. The molecule has 0 radical (unpaired) electrons. The predicted molar refractivity (Wildman–Crippen MR) is 57.8 cm³/mol. The van der Waals surface area contributed by atoms with Crippen molar-refractivity contribution in [2.45, 2.75) is 26.9 Å². The van der Waals surface area contributed by atoms with Crippen LogP contribution in [-0.4, -0.2) is 10.1 Å². The van der Waals surface area contributed by atoms with Gasteiger partial charge in [-0.1, -0.05) is 0 Å². The molecule has 0 aliphatic heterocycles. The number of aliphatic hydroxyl groups excluding tert-OH is 1. The molecule has 2 aromatic heterocycles. The van der Waals surface area contributed by atoms with Crippen LogP contribution in [0, 0.1) is 20.8 Å². The topological polar surface area (TPSA) is 49.2 Å². The molecule has 0 bridgehead atoms. The number of rotatable bonds is 2. The van der Waals surface area contributed by atoms with Crippen LogP contribution in [0.4, 0.5) is 0 Å². The molecule has 3 nitrogen and oxygen atoms in total. The SMILES string of the molecule is Cc1oc(C)c(C(O)c2cc[nH]c2)c1C. The van der Waals surface area contributed by atoms with Crippen molar-refractivity contribution in [3.05, 3.63) is 46.7 Å². The summed E-state index contributed by atoms with van der Waals surface area (Å²) in [4.78, 5) is 2.94. The first-order valence-electron chi connectivity index (χ1n) is 4.98. The van der Waals surface area contributed by atoms with Gasteiger partial charge < -0.3 is 14.5 Å². The van der Waals surface area contributed by atoms with E-state index >= 15 is 0 Å². The third-order valence-electron chi connectivity index (χ3n) is 2.83. The van der Waals surface area contributed by atoms with Crippen molar-refractivity contribution in [1.82, 2.24) is 4.98 Å². The van der Waals surface area contributed by atoms with E-state index in [9.17, 15) is 5.11 Å². The summed E-state index contributed by atoms with van der Waals surface area (Å²) in [6.45, 7) is 5.76. The summed E-state index contributed by atoms with van der Waals surface area (Å²) in [5, 5.41) is 10.2. The molecular weight excluding hydrogens is 190 g/mol. The lowest BCUT2D eigenvalue weighted by molar-refractivity contribution is 0.217. The van der Waals surface area contributed by atoms with Gasteiger partial charge in [0, 0.05) is 23.5 Å². The molecule has 0 saturated heterocycles. The van der Waals surface area contributed by atoms with Gasteiger partial charge in [-0.25, -0.2) is 0 Å². The number of H-pyrrole nitrogens is 1. The molecule has 2 heterocycles.